The third kappa shape index (κ3) is 6.02. The average Bonchev–Trinajstić information content (AvgIpc) is 2.73. The van der Waals surface area contributed by atoms with Gasteiger partial charge >= 0.3 is 0 Å². The van der Waals surface area contributed by atoms with Crippen LogP contribution < -0.4 is 9.46 Å². The molecule has 158 valence electrons. The third-order valence-corrected chi connectivity index (χ3v) is 6.44. The van der Waals surface area contributed by atoms with E-state index in [1.807, 2.05) is 38.1 Å². The van der Waals surface area contributed by atoms with E-state index < -0.39 is 10.0 Å². The van der Waals surface area contributed by atoms with Gasteiger partial charge in [0.05, 0.1) is 19.3 Å². The largest absolute Gasteiger partial charge is 0.492 e. The summed E-state index contributed by atoms with van der Waals surface area (Å²) >= 11 is 0. The van der Waals surface area contributed by atoms with Crippen LogP contribution in [0, 0.1) is 6.92 Å². The van der Waals surface area contributed by atoms with Gasteiger partial charge in [0.2, 0.25) is 10.0 Å². The van der Waals surface area contributed by atoms with Crippen LogP contribution in [0.25, 0.3) is 0 Å². The second kappa shape index (κ2) is 10.2. The van der Waals surface area contributed by atoms with Gasteiger partial charge in [-0.3, -0.25) is 4.90 Å². The first-order valence-electron chi connectivity index (χ1n) is 10.1. The molecule has 29 heavy (non-hydrogen) atoms. The summed E-state index contributed by atoms with van der Waals surface area (Å²) < 4.78 is 39.6. The monoisotopic (exact) mass is 418 g/mol. The molecule has 0 radical (unpaired) electrons. The second-order valence-electron chi connectivity index (χ2n) is 7.21. The number of morpholine rings is 1. The van der Waals surface area contributed by atoms with Crippen molar-refractivity contribution in [1.82, 2.24) is 9.62 Å². The Hall–Kier alpha value is -1.93. The van der Waals surface area contributed by atoms with E-state index in [1.54, 1.807) is 12.1 Å². The molecule has 1 aliphatic rings. The lowest BCUT2D eigenvalue weighted by molar-refractivity contribution is -0.0300. The Balaban J connectivity index is 1.52. The summed E-state index contributed by atoms with van der Waals surface area (Å²) in [6.45, 7) is 7.71. The van der Waals surface area contributed by atoms with E-state index in [0.29, 0.717) is 25.5 Å². The van der Waals surface area contributed by atoms with Crippen molar-refractivity contribution in [2.24, 2.45) is 0 Å². The fraction of sp³-hybridized carbons (Fsp3) is 0.455. The normalized spacial score (nSPS) is 17.9. The van der Waals surface area contributed by atoms with Gasteiger partial charge in [0.15, 0.2) is 0 Å². The molecule has 1 fully saturated rings. The van der Waals surface area contributed by atoms with Gasteiger partial charge in [-0.1, -0.05) is 36.4 Å². The number of nitrogens with zero attached hydrogens (tertiary/aromatic N) is 1. The van der Waals surface area contributed by atoms with Crippen molar-refractivity contribution in [3.05, 3.63) is 59.7 Å². The molecule has 1 N–H and O–H groups in total. The molecule has 1 atom stereocenters. The molecule has 0 unspecified atom stereocenters. The van der Waals surface area contributed by atoms with Crippen LogP contribution >= 0.6 is 0 Å². The summed E-state index contributed by atoms with van der Waals surface area (Å²) in [5, 5.41) is 0. The van der Waals surface area contributed by atoms with Gasteiger partial charge < -0.3 is 9.47 Å². The number of nitrogens with one attached hydrogen (secondary N) is 1. The van der Waals surface area contributed by atoms with Gasteiger partial charge in [-0.25, -0.2) is 13.1 Å². The van der Waals surface area contributed by atoms with Crippen LogP contribution in [0.4, 0.5) is 0 Å². The Kier molecular flexibility index (Phi) is 7.66. The van der Waals surface area contributed by atoms with Crippen molar-refractivity contribution < 1.29 is 17.9 Å². The zero-order valence-electron chi connectivity index (χ0n) is 17.1. The maximum atomic E-state index is 12.7. The zero-order valence-corrected chi connectivity index (χ0v) is 18.0. The molecule has 0 spiro atoms. The molecule has 0 aromatic heterocycles. The lowest BCUT2D eigenvalue weighted by Crippen LogP contribution is -2.39. The molecule has 3 rings (SSSR count). The van der Waals surface area contributed by atoms with Crippen molar-refractivity contribution in [2.75, 3.05) is 39.4 Å². The van der Waals surface area contributed by atoms with Gasteiger partial charge in [-0.05, 0) is 50.1 Å². The maximum Gasteiger partial charge on any atom is 0.244 e. The number of ether oxygens (including phenoxy) is 2. The smallest absolute Gasteiger partial charge is 0.244 e. The highest BCUT2D eigenvalue weighted by Gasteiger charge is 2.22. The van der Waals surface area contributed by atoms with Crippen molar-refractivity contribution >= 4 is 10.0 Å². The van der Waals surface area contributed by atoms with Crippen molar-refractivity contribution in [3.63, 3.8) is 0 Å². The maximum absolute atomic E-state index is 12.7. The van der Waals surface area contributed by atoms with Crippen LogP contribution in [0.1, 0.15) is 30.6 Å². The summed E-state index contributed by atoms with van der Waals surface area (Å²) in [5.74, 6) is 0.393. The van der Waals surface area contributed by atoms with Gasteiger partial charge in [0.25, 0.3) is 0 Å². The van der Waals surface area contributed by atoms with E-state index in [0.717, 1.165) is 31.6 Å². The molecule has 0 amide bonds. The molecule has 1 aliphatic heterocycles. The predicted octanol–water partition coefficient (Wildman–Crippen LogP) is 3.14. The zero-order chi connectivity index (χ0) is 20.7. The molecule has 1 heterocycles. The topological polar surface area (TPSA) is 67.9 Å². The summed E-state index contributed by atoms with van der Waals surface area (Å²) in [7, 11) is -3.61. The summed E-state index contributed by atoms with van der Waals surface area (Å²) in [4.78, 5) is 2.53. The van der Waals surface area contributed by atoms with E-state index in [9.17, 15) is 8.42 Å². The van der Waals surface area contributed by atoms with Crippen molar-refractivity contribution in [2.45, 2.75) is 31.3 Å². The van der Waals surface area contributed by atoms with Crippen LogP contribution in [0.2, 0.25) is 0 Å². The minimum atomic E-state index is -3.61. The van der Waals surface area contributed by atoms with Crippen LogP contribution in [0.5, 0.6) is 5.75 Å². The molecule has 1 saturated heterocycles. The molecular weight excluding hydrogens is 388 g/mol. The van der Waals surface area contributed by atoms with Crippen molar-refractivity contribution in [1.29, 1.82) is 0 Å². The van der Waals surface area contributed by atoms with Crippen LogP contribution in [-0.4, -0.2) is 52.7 Å². The highest BCUT2D eigenvalue weighted by Crippen LogP contribution is 2.25. The molecule has 2 aromatic rings. The molecule has 0 saturated carbocycles. The highest BCUT2D eigenvalue weighted by atomic mass is 32.2. The number of benzene rings is 2. The Morgan fingerprint density at radius 3 is 2.76 bits per heavy atom. The van der Waals surface area contributed by atoms with E-state index in [1.165, 1.54) is 5.56 Å². The predicted molar refractivity (Wildman–Crippen MR) is 114 cm³/mol. The Labute approximate surface area is 173 Å². The van der Waals surface area contributed by atoms with E-state index >= 15 is 0 Å². The van der Waals surface area contributed by atoms with E-state index in [4.69, 9.17) is 9.47 Å². The summed E-state index contributed by atoms with van der Waals surface area (Å²) in [6, 6.07) is 15.4. The molecule has 6 nitrogen and oxygen atoms in total. The first-order chi connectivity index (χ1) is 14.0. The summed E-state index contributed by atoms with van der Waals surface area (Å²) in [5.41, 5.74) is 2.06. The van der Waals surface area contributed by atoms with Gasteiger partial charge in [-0.2, -0.15) is 0 Å². The number of rotatable bonds is 9. The number of sulfonamides is 1. The van der Waals surface area contributed by atoms with Crippen molar-refractivity contribution in [3.8, 4) is 5.75 Å². The van der Waals surface area contributed by atoms with Crippen LogP contribution in [0.3, 0.4) is 0 Å². The highest BCUT2D eigenvalue weighted by molar-refractivity contribution is 7.89. The number of hydrogen-bond acceptors (Lipinski definition) is 5. The number of hydrogen-bond donors (Lipinski definition) is 1. The lowest BCUT2D eigenvalue weighted by Gasteiger charge is -2.33. The third-order valence-electron chi connectivity index (χ3n) is 4.95. The molecule has 2 aromatic carbocycles. The first kappa shape index (κ1) is 21.8. The minimum absolute atomic E-state index is 0.0719. The Bertz CT molecular complexity index is 887. The quantitative estimate of drug-likeness (QED) is 0.634. The first-order valence-corrected chi connectivity index (χ1v) is 11.6. The molecule has 7 heteroatoms. The standard InChI is InChI=1S/C22H30N2O4S/c1-3-27-20-11-10-18(2)16-22(20)29(25,26)23-12-7-13-24-14-15-28-21(17-24)19-8-5-4-6-9-19/h4-6,8-11,16,21,23H,3,7,12-15,17H2,1-2H3/t21-/m1/s1. The fourth-order valence-corrected chi connectivity index (χ4v) is 4.76. The number of aryl methyl sites for hydroxylation is 1. The van der Waals surface area contributed by atoms with E-state index in [-0.39, 0.29) is 11.0 Å². The van der Waals surface area contributed by atoms with Crippen LogP contribution in [-0.2, 0) is 14.8 Å². The van der Waals surface area contributed by atoms with Gasteiger partial charge in [0, 0.05) is 19.6 Å². The minimum Gasteiger partial charge on any atom is -0.492 e. The molecule has 0 bridgehead atoms. The SMILES string of the molecule is CCOc1ccc(C)cc1S(=O)(=O)NCCCN1CCO[C@@H](c2ccccc2)C1. The second-order valence-corrected chi connectivity index (χ2v) is 8.94. The van der Waals surface area contributed by atoms with E-state index in [2.05, 4.69) is 21.8 Å². The lowest BCUT2D eigenvalue weighted by atomic mass is 10.1. The average molecular weight is 419 g/mol. The van der Waals surface area contributed by atoms with Gasteiger partial charge in [-0.15, -0.1) is 0 Å². The molecular formula is C22H30N2O4S. The fourth-order valence-electron chi connectivity index (χ4n) is 3.46. The van der Waals surface area contributed by atoms with Crippen LogP contribution in [0.15, 0.2) is 53.4 Å². The Morgan fingerprint density at radius 2 is 2.00 bits per heavy atom. The molecule has 0 aliphatic carbocycles. The summed E-state index contributed by atoms with van der Waals surface area (Å²) in [6.07, 6.45) is 0.805. The van der Waals surface area contributed by atoms with Gasteiger partial charge in [0.1, 0.15) is 10.6 Å². The Morgan fingerprint density at radius 1 is 1.21 bits per heavy atom.